The van der Waals surface area contributed by atoms with Gasteiger partial charge in [0.05, 0.1) is 17.5 Å². The summed E-state index contributed by atoms with van der Waals surface area (Å²) in [5.74, 6) is 1.02. The molecule has 0 aliphatic carbocycles. The summed E-state index contributed by atoms with van der Waals surface area (Å²) < 4.78 is 26.1. The topological polar surface area (TPSA) is 64.2 Å². The van der Waals surface area contributed by atoms with Crippen LogP contribution in [0.2, 0.25) is 0 Å². The first-order chi connectivity index (χ1) is 16.0. The number of para-hydroxylation sites is 2. The van der Waals surface area contributed by atoms with E-state index in [0.717, 1.165) is 5.56 Å². The second-order valence-corrected chi connectivity index (χ2v) is 9.09. The zero-order valence-electron chi connectivity index (χ0n) is 18.4. The predicted molar refractivity (Wildman–Crippen MR) is 129 cm³/mol. The van der Waals surface area contributed by atoms with E-state index in [2.05, 4.69) is 9.97 Å². The molecule has 3 aromatic carbocycles. The summed E-state index contributed by atoms with van der Waals surface area (Å²) in [6.45, 7) is 3.97. The van der Waals surface area contributed by atoms with Crippen molar-refractivity contribution in [3.05, 3.63) is 112 Å². The van der Waals surface area contributed by atoms with Crippen LogP contribution >= 0.6 is 8.38 Å². The van der Waals surface area contributed by atoms with Gasteiger partial charge in [0.2, 0.25) is 0 Å². The lowest BCUT2D eigenvalue weighted by Crippen LogP contribution is -2.19. The fourth-order valence-corrected chi connectivity index (χ4v) is 4.88. The molecule has 5 nitrogen and oxygen atoms in total. The highest BCUT2D eigenvalue weighted by Crippen LogP contribution is 2.46. The van der Waals surface area contributed by atoms with Crippen molar-refractivity contribution in [2.24, 2.45) is 0 Å². The van der Waals surface area contributed by atoms with Crippen molar-refractivity contribution in [1.29, 1.82) is 0 Å². The third-order valence-corrected chi connectivity index (χ3v) is 6.34. The number of hydrogen-bond donors (Lipinski definition) is 1. The SMILES string of the molecule is CC(C)c1nc(=O)[nH]c(-c2ccc(F)cc2)c1CP(Oc1ccccc1)Oc1ccccc1. The van der Waals surface area contributed by atoms with Crippen LogP contribution in [0.1, 0.15) is 31.0 Å². The Kier molecular flexibility index (Phi) is 7.16. The number of benzene rings is 3. The average Bonchev–Trinajstić information content (AvgIpc) is 2.81. The third-order valence-electron chi connectivity index (χ3n) is 4.93. The maximum atomic E-state index is 13.6. The summed E-state index contributed by atoms with van der Waals surface area (Å²) in [7, 11) is -1.49. The fraction of sp³-hybridized carbons (Fsp3) is 0.154. The first-order valence-corrected chi connectivity index (χ1v) is 12.0. The van der Waals surface area contributed by atoms with Crippen LogP contribution in [0.25, 0.3) is 11.3 Å². The third kappa shape index (κ3) is 5.85. The Morgan fingerprint density at radius 3 is 1.94 bits per heavy atom. The molecule has 0 saturated carbocycles. The van der Waals surface area contributed by atoms with Gasteiger partial charge in [-0.15, -0.1) is 0 Å². The molecule has 4 aromatic rings. The van der Waals surface area contributed by atoms with E-state index in [0.29, 0.717) is 34.6 Å². The van der Waals surface area contributed by atoms with Gasteiger partial charge in [0.15, 0.2) is 0 Å². The van der Waals surface area contributed by atoms with Crippen molar-refractivity contribution >= 4 is 8.38 Å². The molecule has 7 heteroatoms. The Bertz CT molecular complexity index is 1200. The maximum absolute atomic E-state index is 13.6. The van der Waals surface area contributed by atoms with E-state index in [1.54, 1.807) is 12.1 Å². The Balaban J connectivity index is 1.78. The van der Waals surface area contributed by atoms with Crippen LogP contribution in [-0.2, 0) is 6.16 Å². The molecule has 33 heavy (non-hydrogen) atoms. The molecule has 4 rings (SSSR count). The molecule has 1 N–H and O–H groups in total. The highest BCUT2D eigenvalue weighted by atomic mass is 31.2. The van der Waals surface area contributed by atoms with E-state index in [1.165, 1.54) is 12.1 Å². The van der Waals surface area contributed by atoms with E-state index in [-0.39, 0.29) is 11.7 Å². The molecular formula is C26H24FN2O3P. The fourth-order valence-electron chi connectivity index (χ4n) is 3.43. The molecule has 0 aliphatic rings. The second-order valence-electron chi connectivity index (χ2n) is 7.74. The molecule has 0 bridgehead atoms. The molecule has 0 fully saturated rings. The van der Waals surface area contributed by atoms with Gasteiger partial charge in [0.25, 0.3) is 8.38 Å². The molecule has 0 radical (unpaired) electrons. The van der Waals surface area contributed by atoms with E-state index in [4.69, 9.17) is 9.05 Å². The molecule has 1 heterocycles. The van der Waals surface area contributed by atoms with E-state index in [9.17, 15) is 9.18 Å². The zero-order valence-corrected chi connectivity index (χ0v) is 19.3. The lowest BCUT2D eigenvalue weighted by atomic mass is 10.00. The maximum Gasteiger partial charge on any atom is 0.345 e. The molecule has 0 unspecified atom stereocenters. The van der Waals surface area contributed by atoms with Gasteiger partial charge in [-0.3, -0.25) is 0 Å². The van der Waals surface area contributed by atoms with Gasteiger partial charge in [-0.05, 0) is 60.0 Å². The van der Waals surface area contributed by atoms with Crippen LogP contribution in [0.4, 0.5) is 4.39 Å². The van der Waals surface area contributed by atoms with Gasteiger partial charge in [0, 0.05) is 5.56 Å². The Hall–Kier alpha value is -3.50. The molecule has 0 spiro atoms. The standard InChI is InChI=1S/C26H24FN2O3P/c1-18(2)24-23(25(29-26(30)28-24)19-13-15-20(27)16-14-19)17-33(31-21-9-5-3-6-10-21)32-22-11-7-4-8-12-22/h3-16,18H,17H2,1-2H3,(H,28,29,30). The van der Waals surface area contributed by atoms with Crippen LogP contribution in [0.3, 0.4) is 0 Å². The van der Waals surface area contributed by atoms with Crippen molar-refractivity contribution < 1.29 is 13.4 Å². The van der Waals surface area contributed by atoms with Crippen LogP contribution in [0, 0.1) is 5.82 Å². The molecule has 0 atom stereocenters. The minimum Gasteiger partial charge on any atom is -0.438 e. The number of rotatable bonds is 8. The van der Waals surface area contributed by atoms with Gasteiger partial charge < -0.3 is 14.0 Å². The summed E-state index contributed by atoms with van der Waals surface area (Å²) in [6.07, 6.45) is 0.378. The van der Waals surface area contributed by atoms with Gasteiger partial charge >= 0.3 is 5.69 Å². The van der Waals surface area contributed by atoms with Crippen molar-refractivity contribution in [3.8, 4) is 22.8 Å². The normalized spacial score (nSPS) is 11.1. The number of aromatic amines is 1. The lowest BCUT2D eigenvalue weighted by Gasteiger charge is -2.22. The van der Waals surface area contributed by atoms with Crippen LogP contribution < -0.4 is 14.7 Å². The van der Waals surface area contributed by atoms with Gasteiger partial charge in [-0.25, -0.2) is 9.18 Å². The van der Waals surface area contributed by atoms with E-state index in [1.807, 2.05) is 74.5 Å². The zero-order chi connectivity index (χ0) is 23.2. The summed E-state index contributed by atoms with van der Waals surface area (Å²) in [6, 6.07) is 25.0. The number of H-pyrrole nitrogens is 1. The summed E-state index contributed by atoms with van der Waals surface area (Å²) in [5, 5.41) is 0. The number of aromatic nitrogens is 2. The Morgan fingerprint density at radius 2 is 1.42 bits per heavy atom. The van der Waals surface area contributed by atoms with Crippen molar-refractivity contribution in [2.75, 3.05) is 0 Å². The number of hydrogen-bond acceptors (Lipinski definition) is 4. The largest absolute Gasteiger partial charge is 0.438 e. The van der Waals surface area contributed by atoms with E-state index < -0.39 is 14.1 Å². The first kappa shape index (κ1) is 22.7. The first-order valence-electron chi connectivity index (χ1n) is 10.6. The highest BCUT2D eigenvalue weighted by molar-refractivity contribution is 7.47. The summed E-state index contributed by atoms with van der Waals surface area (Å²) in [4.78, 5) is 19.5. The van der Waals surface area contributed by atoms with E-state index >= 15 is 0 Å². The second kappa shape index (κ2) is 10.4. The lowest BCUT2D eigenvalue weighted by molar-refractivity contribution is 0.487. The van der Waals surface area contributed by atoms with Crippen LogP contribution in [0.15, 0.2) is 89.7 Å². The minimum atomic E-state index is -1.49. The smallest absolute Gasteiger partial charge is 0.345 e. The highest BCUT2D eigenvalue weighted by Gasteiger charge is 2.24. The summed E-state index contributed by atoms with van der Waals surface area (Å²) in [5.41, 5.74) is 2.33. The quantitative estimate of drug-likeness (QED) is 0.297. The molecular weight excluding hydrogens is 438 g/mol. The van der Waals surface area contributed by atoms with Crippen LogP contribution in [0.5, 0.6) is 11.5 Å². The minimum absolute atomic E-state index is 0.00759. The molecule has 168 valence electrons. The van der Waals surface area contributed by atoms with Crippen molar-refractivity contribution in [3.63, 3.8) is 0 Å². The van der Waals surface area contributed by atoms with Crippen molar-refractivity contribution in [2.45, 2.75) is 25.9 Å². The number of nitrogens with zero attached hydrogens (tertiary/aromatic N) is 1. The summed E-state index contributed by atoms with van der Waals surface area (Å²) >= 11 is 0. The monoisotopic (exact) mass is 462 g/mol. The molecule has 0 amide bonds. The van der Waals surface area contributed by atoms with Gasteiger partial charge in [-0.2, -0.15) is 4.98 Å². The molecule has 0 aliphatic heterocycles. The van der Waals surface area contributed by atoms with Gasteiger partial charge in [0.1, 0.15) is 17.3 Å². The Morgan fingerprint density at radius 1 is 0.879 bits per heavy atom. The Labute approximate surface area is 193 Å². The molecule has 1 aromatic heterocycles. The van der Waals surface area contributed by atoms with Crippen molar-refractivity contribution in [1.82, 2.24) is 9.97 Å². The average molecular weight is 462 g/mol. The number of nitrogens with one attached hydrogen (secondary N) is 1. The molecule has 0 saturated heterocycles. The van der Waals surface area contributed by atoms with Crippen LogP contribution in [-0.4, -0.2) is 9.97 Å². The predicted octanol–water partition coefficient (Wildman–Crippen LogP) is 6.67. The van der Waals surface area contributed by atoms with Gasteiger partial charge in [-0.1, -0.05) is 50.2 Å². The number of halogens is 1.